The average molecular weight is 412 g/mol. The number of piperazine rings is 1. The van der Waals surface area contributed by atoms with E-state index in [0.29, 0.717) is 12.1 Å². The predicted molar refractivity (Wildman–Crippen MR) is 121 cm³/mol. The summed E-state index contributed by atoms with van der Waals surface area (Å²) in [5, 5.41) is 10.8. The van der Waals surface area contributed by atoms with E-state index in [1.54, 1.807) is 17.2 Å². The van der Waals surface area contributed by atoms with Crippen LogP contribution in [0.2, 0.25) is 0 Å². The number of carboxylic acids is 1. The summed E-state index contributed by atoms with van der Waals surface area (Å²) in [7, 11) is 0. The molecule has 0 aliphatic carbocycles. The lowest BCUT2D eigenvalue weighted by Crippen LogP contribution is -2.56. The van der Waals surface area contributed by atoms with E-state index < -0.39 is 5.97 Å². The quantitative estimate of drug-likeness (QED) is 0.525. The fourth-order valence-electron chi connectivity index (χ4n) is 4.01. The van der Waals surface area contributed by atoms with Crippen molar-refractivity contribution in [2.75, 3.05) is 23.7 Å². The maximum Gasteiger partial charge on any atom is 0.307 e. The predicted octanol–water partition coefficient (Wildman–Crippen LogP) is 4.23. The van der Waals surface area contributed by atoms with Gasteiger partial charge in [-0.2, -0.15) is 0 Å². The molecule has 0 amide bonds. The highest BCUT2D eigenvalue weighted by Gasteiger charge is 2.29. The van der Waals surface area contributed by atoms with Crippen LogP contribution in [0.25, 0.3) is 0 Å². The van der Waals surface area contributed by atoms with Crippen molar-refractivity contribution in [3.63, 3.8) is 0 Å². The molecular weight excluding hydrogens is 382 g/mol. The number of nitrogen functional groups attached to an aromatic ring is 1. The van der Waals surface area contributed by atoms with Crippen molar-refractivity contribution < 1.29 is 9.90 Å². The number of hydrogen-bond donors (Lipinski definition) is 2. The lowest BCUT2D eigenvalue weighted by Gasteiger charge is -2.45. The van der Waals surface area contributed by atoms with Crippen molar-refractivity contribution >= 4 is 29.1 Å². The Kier molecular flexibility index (Phi) is 6.87. The fraction of sp³-hybridized carbons (Fsp3) is 0.348. The minimum absolute atomic E-state index is 0.0644. The van der Waals surface area contributed by atoms with Crippen LogP contribution in [0.1, 0.15) is 25.0 Å². The Morgan fingerprint density at radius 3 is 2.55 bits per heavy atom. The molecule has 1 heterocycles. The Morgan fingerprint density at radius 2 is 1.90 bits per heavy atom. The topological polar surface area (TPSA) is 69.8 Å². The van der Waals surface area contributed by atoms with Crippen LogP contribution in [0.4, 0.5) is 11.4 Å². The molecule has 2 aromatic carbocycles. The van der Waals surface area contributed by atoms with Crippen LogP contribution in [-0.2, 0) is 17.8 Å². The number of anilines is 2. The number of rotatable bonds is 7. The van der Waals surface area contributed by atoms with E-state index in [-0.39, 0.29) is 6.42 Å². The van der Waals surface area contributed by atoms with Gasteiger partial charge in [-0.05, 0) is 48.6 Å². The van der Waals surface area contributed by atoms with Crippen molar-refractivity contribution in [2.24, 2.45) is 0 Å². The van der Waals surface area contributed by atoms with Crippen molar-refractivity contribution in [2.45, 2.75) is 43.8 Å². The zero-order valence-electron chi connectivity index (χ0n) is 17.0. The third-order valence-corrected chi connectivity index (χ3v) is 6.16. The lowest BCUT2D eigenvalue weighted by atomic mass is 10.0. The van der Waals surface area contributed by atoms with E-state index in [9.17, 15) is 4.79 Å². The summed E-state index contributed by atoms with van der Waals surface area (Å²) in [6.07, 6.45) is 0.0644. The summed E-state index contributed by atoms with van der Waals surface area (Å²) in [6, 6.07) is 14.9. The van der Waals surface area contributed by atoms with Gasteiger partial charge in [0.15, 0.2) is 0 Å². The first-order chi connectivity index (χ1) is 13.9. The molecule has 1 aliphatic rings. The Balaban J connectivity index is 1.71. The molecule has 3 rings (SSSR count). The smallest absolute Gasteiger partial charge is 0.307 e. The molecule has 0 unspecified atom stereocenters. The number of aliphatic carboxylic acids is 1. The summed E-state index contributed by atoms with van der Waals surface area (Å²) < 4.78 is 0. The van der Waals surface area contributed by atoms with Gasteiger partial charge in [-0.3, -0.25) is 9.69 Å². The minimum Gasteiger partial charge on any atom is -0.481 e. The molecule has 154 valence electrons. The van der Waals surface area contributed by atoms with Crippen LogP contribution < -0.4 is 10.6 Å². The number of benzene rings is 2. The van der Waals surface area contributed by atoms with Gasteiger partial charge >= 0.3 is 5.97 Å². The first kappa shape index (κ1) is 21.3. The summed E-state index contributed by atoms with van der Waals surface area (Å²) >= 11 is 1.55. The van der Waals surface area contributed by atoms with Gasteiger partial charge < -0.3 is 15.7 Å². The summed E-state index contributed by atoms with van der Waals surface area (Å²) in [5.41, 5.74) is 10.1. The van der Waals surface area contributed by atoms with E-state index in [1.807, 2.05) is 24.3 Å². The Labute approximate surface area is 177 Å². The monoisotopic (exact) mass is 411 g/mol. The molecule has 0 spiro atoms. The largest absolute Gasteiger partial charge is 0.481 e. The first-order valence-corrected chi connectivity index (χ1v) is 10.7. The second-order valence-electron chi connectivity index (χ2n) is 7.67. The SMILES string of the molecule is C=CSc1cc(N2C[C@@H](C)N(Cc3cccc(CC(=O)O)c3)[C@@H](C)C2)ccc1N. The zero-order valence-corrected chi connectivity index (χ0v) is 17.9. The number of thioether (sulfide) groups is 1. The second kappa shape index (κ2) is 9.37. The maximum absolute atomic E-state index is 11.0. The Bertz CT molecular complexity index is 874. The van der Waals surface area contributed by atoms with E-state index in [0.717, 1.165) is 41.3 Å². The fourth-order valence-corrected chi connectivity index (χ4v) is 4.59. The molecular formula is C23H29N3O2S. The molecule has 2 aromatic rings. The highest BCUT2D eigenvalue weighted by Crippen LogP contribution is 2.32. The van der Waals surface area contributed by atoms with E-state index in [2.05, 4.69) is 48.4 Å². The molecule has 0 bridgehead atoms. The minimum atomic E-state index is -0.796. The van der Waals surface area contributed by atoms with Gasteiger partial charge in [0, 0.05) is 48.0 Å². The zero-order chi connectivity index (χ0) is 21.0. The molecule has 0 saturated carbocycles. The number of carboxylic acid groups (broad SMARTS) is 1. The molecule has 6 heteroatoms. The summed E-state index contributed by atoms with van der Waals surface area (Å²) in [5.74, 6) is -0.796. The normalized spacial score (nSPS) is 19.9. The van der Waals surface area contributed by atoms with Gasteiger partial charge in [-0.15, -0.1) is 0 Å². The third-order valence-electron chi connectivity index (χ3n) is 5.39. The van der Waals surface area contributed by atoms with Crippen LogP contribution in [0.3, 0.4) is 0 Å². The molecule has 2 atom stereocenters. The maximum atomic E-state index is 11.0. The summed E-state index contributed by atoms with van der Waals surface area (Å²) in [4.78, 5) is 16.9. The second-order valence-corrected chi connectivity index (χ2v) is 8.68. The van der Waals surface area contributed by atoms with Gasteiger partial charge in [-0.25, -0.2) is 0 Å². The molecule has 1 fully saturated rings. The van der Waals surface area contributed by atoms with Gasteiger partial charge in [0.2, 0.25) is 0 Å². The van der Waals surface area contributed by atoms with Gasteiger partial charge in [0.1, 0.15) is 0 Å². The Hall–Kier alpha value is -2.44. The van der Waals surface area contributed by atoms with Crippen LogP contribution in [0, 0.1) is 0 Å². The van der Waals surface area contributed by atoms with E-state index in [4.69, 9.17) is 10.8 Å². The van der Waals surface area contributed by atoms with Crippen molar-refractivity contribution in [1.29, 1.82) is 0 Å². The third kappa shape index (κ3) is 5.34. The van der Waals surface area contributed by atoms with Crippen LogP contribution in [0.15, 0.2) is 59.3 Å². The van der Waals surface area contributed by atoms with E-state index in [1.165, 1.54) is 5.69 Å². The number of carbonyl (C=O) groups is 1. The van der Waals surface area contributed by atoms with Crippen LogP contribution >= 0.6 is 11.8 Å². The van der Waals surface area contributed by atoms with Crippen molar-refractivity contribution in [3.05, 3.63) is 65.6 Å². The molecule has 0 radical (unpaired) electrons. The standard InChI is InChI=1S/C23H29N3O2S/c1-4-29-22-12-20(8-9-21(22)24)25-13-16(2)26(17(3)14-25)15-19-7-5-6-18(10-19)11-23(27)28/h4-10,12,16-17H,1,11,13-15,24H2,2-3H3,(H,27,28)/t16-,17+. The van der Waals surface area contributed by atoms with Crippen molar-refractivity contribution in [3.8, 4) is 0 Å². The number of nitrogens with zero attached hydrogens (tertiary/aromatic N) is 2. The highest BCUT2D eigenvalue weighted by molar-refractivity contribution is 8.02. The summed E-state index contributed by atoms with van der Waals surface area (Å²) in [6.45, 7) is 11.0. The molecule has 5 nitrogen and oxygen atoms in total. The molecule has 1 aliphatic heterocycles. The molecule has 29 heavy (non-hydrogen) atoms. The van der Waals surface area contributed by atoms with Crippen LogP contribution in [-0.4, -0.2) is 41.1 Å². The highest BCUT2D eigenvalue weighted by atomic mass is 32.2. The first-order valence-electron chi connectivity index (χ1n) is 9.84. The lowest BCUT2D eigenvalue weighted by molar-refractivity contribution is -0.136. The average Bonchev–Trinajstić information content (AvgIpc) is 2.66. The van der Waals surface area contributed by atoms with Gasteiger partial charge in [-0.1, -0.05) is 42.6 Å². The molecule has 0 aromatic heterocycles. The van der Waals surface area contributed by atoms with Gasteiger partial charge in [0.05, 0.1) is 6.42 Å². The van der Waals surface area contributed by atoms with Crippen molar-refractivity contribution in [1.82, 2.24) is 4.90 Å². The molecule has 3 N–H and O–H groups in total. The molecule has 1 saturated heterocycles. The number of hydrogen-bond acceptors (Lipinski definition) is 5. The van der Waals surface area contributed by atoms with Gasteiger partial charge in [0.25, 0.3) is 0 Å². The van der Waals surface area contributed by atoms with Crippen LogP contribution in [0.5, 0.6) is 0 Å². The number of nitrogens with two attached hydrogens (primary N) is 1. The Morgan fingerprint density at radius 1 is 1.21 bits per heavy atom. The van der Waals surface area contributed by atoms with E-state index >= 15 is 0 Å².